The van der Waals surface area contributed by atoms with Crippen LogP contribution in [0, 0.1) is 12.7 Å². The number of piperidine rings is 1. The Morgan fingerprint density at radius 1 is 1.50 bits per heavy atom. The number of alkyl halides is 1. The van der Waals surface area contributed by atoms with Crippen LogP contribution in [-0.2, 0) is 6.54 Å². The van der Waals surface area contributed by atoms with E-state index in [1.807, 2.05) is 13.0 Å². The molecule has 0 aliphatic carbocycles. The molecule has 88 valence electrons. The summed E-state index contributed by atoms with van der Waals surface area (Å²) in [5.74, 6) is -0.140. The van der Waals surface area contributed by atoms with Gasteiger partial charge >= 0.3 is 0 Å². The van der Waals surface area contributed by atoms with E-state index in [1.54, 1.807) is 12.1 Å². The summed E-state index contributed by atoms with van der Waals surface area (Å²) in [4.78, 5) is 3.05. The molecular weight excluding hydrogens is 269 g/mol. The zero-order chi connectivity index (χ0) is 11.5. The number of hydrogen-bond donors (Lipinski definition) is 0. The van der Waals surface area contributed by atoms with Crippen LogP contribution in [-0.4, -0.2) is 22.8 Å². The third-order valence-corrected chi connectivity index (χ3v) is 3.89. The Morgan fingerprint density at radius 2 is 2.31 bits per heavy atom. The van der Waals surface area contributed by atoms with Crippen LogP contribution in [0.25, 0.3) is 0 Å². The summed E-state index contributed by atoms with van der Waals surface area (Å²) in [6, 6.07) is 5.07. The molecule has 0 saturated carbocycles. The third-order valence-electron chi connectivity index (χ3n) is 3.15. The maximum absolute atomic E-state index is 13.0. The van der Waals surface area contributed by atoms with E-state index >= 15 is 0 Å². The lowest BCUT2D eigenvalue weighted by atomic mass is 10.1. The van der Waals surface area contributed by atoms with Gasteiger partial charge in [0.05, 0.1) is 0 Å². The highest BCUT2D eigenvalue weighted by molar-refractivity contribution is 9.09. The van der Waals surface area contributed by atoms with Crippen molar-refractivity contribution in [3.05, 3.63) is 35.1 Å². The highest BCUT2D eigenvalue weighted by Gasteiger charge is 2.17. The molecule has 0 radical (unpaired) electrons. The molecule has 1 atom stereocenters. The van der Waals surface area contributed by atoms with Crippen molar-refractivity contribution in [2.45, 2.75) is 31.1 Å². The van der Waals surface area contributed by atoms with Gasteiger partial charge in [0, 0.05) is 17.9 Å². The fourth-order valence-electron chi connectivity index (χ4n) is 2.22. The van der Waals surface area contributed by atoms with Crippen LogP contribution in [0.3, 0.4) is 0 Å². The summed E-state index contributed by atoms with van der Waals surface area (Å²) >= 11 is 3.67. The molecule has 1 aliphatic rings. The summed E-state index contributed by atoms with van der Waals surface area (Å²) in [6.45, 7) is 5.16. The van der Waals surface area contributed by atoms with Crippen molar-refractivity contribution in [1.82, 2.24) is 4.90 Å². The first-order valence-electron chi connectivity index (χ1n) is 5.76. The van der Waals surface area contributed by atoms with E-state index in [4.69, 9.17) is 0 Å². The van der Waals surface area contributed by atoms with Gasteiger partial charge in [-0.2, -0.15) is 0 Å². The summed E-state index contributed by atoms with van der Waals surface area (Å²) in [7, 11) is 0. The molecule has 1 nitrogen and oxygen atoms in total. The Hall–Kier alpha value is -0.410. The van der Waals surface area contributed by atoms with Crippen LogP contribution in [0.5, 0.6) is 0 Å². The average molecular weight is 286 g/mol. The van der Waals surface area contributed by atoms with E-state index < -0.39 is 0 Å². The first-order chi connectivity index (χ1) is 7.65. The lowest BCUT2D eigenvalue weighted by Crippen LogP contribution is -2.35. The Kier molecular flexibility index (Phi) is 3.98. The van der Waals surface area contributed by atoms with Crippen molar-refractivity contribution in [2.24, 2.45) is 0 Å². The molecule has 0 aromatic heterocycles. The van der Waals surface area contributed by atoms with Crippen LogP contribution in [0.2, 0.25) is 0 Å². The molecule has 1 aromatic rings. The topological polar surface area (TPSA) is 3.24 Å². The molecule has 1 unspecified atom stereocenters. The predicted octanol–water partition coefficient (Wildman–Crippen LogP) is 3.49. The monoisotopic (exact) mass is 285 g/mol. The van der Waals surface area contributed by atoms with Gasteiger partial charge in [0.25, 0.3) is 0 Å². The summed E-state index contributed by atoms with van der Waals surface area (Å²) in [5, 5.41) is 0. The van der Waals surface area contributed by atoms with Gasteiger partial charge in [0.15, 0.2) is 0 Å². The maximum Gasteiger partial charge on any atom is 0.123 e. The van der Waals surface area contributed by atoms with Crippen LogP contribution < -0.4 is 0 Å². The lowest BCUT2D eigenvalue weighted by molar-refractivity contribution is 0.227. The van der Waals surface area contributed by atoms with Gasteiger partial charge < -0.3 is 0 Å². The SMILES string of the molecule is Cc1cc(F)ccc1CN1CCCC(Br)C1. The minimum absolute atomic E-state index is 0.140. The van der Waals surface area contributed by atoms with Crippen molar-refractivity contribution in [3.63, 3.8) is 0 Å². The van der Waals surface area contributed by atoms with Crippen molar-refractivity contribution in [2.75, 3.05) is 13.1 Å². The molecule has 1 aliphatic heterocycles. The molecule has 1 fully saturated rings. The second kappa shape index (κ2) is 5.28. The number of likely N-dealkylation sites (tertiary alicyclic amines) is 1. The molecule has 0 N–H and O–H groups in total. The van der Waals surface area contributed by atoms with E-state index in [1.165, 1.54) is 18.4 Å². The largest absolute Gasteiger partial charge is 0.298 e. The Morgan fingerprint density at radius 3 is 3.00 bits per heavy atom. The van der Waals surface area contributed by atoms with Crippen molar-refractivity contribution >= 4 is 15.9 Å². The van der Waals surface area contributed by atoms with E-state index in [9.17, 15) is 4.39 Å². The molecule has 1 aromatic carbocycles. The molecule has 1 saturated heterocycles. The second-order valence-electron chi connectivity index (χ2n) is 4.55. The van der Waals surface area contributed by atoms with E-state index in [0.717, 1.165) is 25.2 Å². The van der Waals surface area contributed by atoms with E-state index in [0.29, 0.717) is 4.83 Å². The second-order valence-corrected chi connectivity index (χ2v) is 5.84. The van der Waals surface area contributed by atoms with Crippen molar-refractivity contribution < 1.29 is 4.39 Å². The maximum atomic E-state index is 13.0. The third kappa shape index (κ3) is 3.05. The smallest absolute Gasteiger partial charge is 0.123 e. The average Bonchev–Trinajstić information content (AvgIpc) is 2.22. The molecule has 0 amide bonds. The van der Waals surface area contributed by atoms with Gasteiger partial charge in [0.1, 0.15) is 5.82 Å². The van der Waals surface area contributed by atoms with Gasteiger partial charge in [-0.3, -0.25) is 4.90 Å². The molecular formula is C13H17BrFN. The normalized spacial score (nSPS) is 22.3. The zero-order valence-electron chi connectivity index (χ0n) is 9.55. The first kappa shape index (κ1) is 12.1. The Bertz CT molecular complexity index is 367. The van der Waals surface area contributed by atoms with Gasteiger partial charge in [0.2, 0.25) is 0 Å². The van der Waals surface area contributed by atoms with Crippen LogP contribution in [0.1, 0.15) is 24.0 Å². The summed E-state index contributed by atoms with van der Waals surface area (Å²) in [6.07, 6.45) is 2.51. The molecule has 3 heteroatoms. The van der Waals surface area contributed by atoms with Crippen LogP contribution in [0.4, 0.5) is 4.39 Å². The molecule has 0 bridgehead atoms. The quantitative estimate of drug-likeness (QED) is 0.752. The van der Waals surface area contributed by atoms with Crippen LogP contribution in [0.15, 0.2) is 18.2 Å². The minimum atomic E-state index is -0.140. The number of halogens is 2. The summed E-state index contributed by atoms with van der Waals surface area (Å²) in [5.41, 5.74) is 2.29. The minimum Gasteiger partial charge on any atom is -0.298 e. The fourth-order valence-corrected chi connectivity index (χ4v) is 2.95. The lowest BCUT2D eigenvalue weighted by Gasteiger charge is -2.30. The standard InChI is InChI=1S/C13H17BrFN/c1-10-7-13(15)5-4-11(10)8-16-6-2-3-12(14)9-16/h4-5,7,12H,2-3,6,8-9H2,1H3. The molecule has 1 heterocycles. The number of benzene rings is 1. The number of hydrogen-bond acceptors (Lipinski definition) is 1. The number of aryl methyl sites for hydroxylation is 1. The van der Waals surface area contributed by atoms with Crippen LogP contribution >= 0.6 is 15.9 Å². The van der Waals surface area contributed by atoms with E-state index in [-0.39, 0.29) is 5.82 Å². The number of nitrogens with zero attached hydrogens (tertiary/aromatic N) is 1. The molecule has 2 rings (SSSR count). The highest BCUT2D eigenvalue weighted by Crippen LogP contribution is 2.20. The number of rotatable bonds is 2. The van der Waals surface area contributed by atoms with Gasteiger partial charge in [-0.25, -0.2) is 4.39 Å². The zero-order valence-corrected chi connectivity index (χ0v) is 11.1. The highest BCUT2D eigenvalue weighted by atomic mass is 79.9. The summed E-state index contributed by atoms with van der Waals surface area (Å²) < 4.78 is 13.0. The predicted molar refractivity (Wildman–Crippen MR) is 68.4 cm³/mol. The van der Waals surface area contributed by atoms with E-state index in [2.05, 4.69) is 20.8 Å². The first-order valence-corrected chi connectivity index (χ1v) is 6.68. The van der Waals surface area contributed by atoms with Gasteiger partial charge in [-0.1, -0.05) is 22.0 Å². The Labute approximate surface area is 105 Å². The van der Waals surface area contributed by atoms with Gasteiger partial charge in [-0.05, 0) is 49.6 Å². The fraction of sp³-hybridized carbons (Fsp3) is 0.538. The van der Waals surface area contributed by atoms with Crippen molar-refractivity contribution in [3.8, 4) is 0 Å². The van der Waals surface area contributed by atoms with Crippen molar-refractivity contribution in [1.29, 1.82) is 0 Å². The van der Waals surface area contributed by atoms with Gasteiger partial charge in [-0.15, -0.1) is 0 Å². The molecule has 0 spiro atoms. The molecule has 16 heavy (non-hydrogen) atoms. The Balaban J connectivity index is 2.02.